The second-order valence-electron chi connectivity index (χ2n) is 6.36. The maximum Gasteiger partial charge on any atom is 0.133 e. The monoisotopic (exact) mass is 355 g/mol. The van der Waals surface area contributed by atoms with Gasteiger partial charge in [0.05, 0.1) is 11.1 Å². The van der Waals surface area contributed by atoms with Crippen LogP contribution in [0.1, 0.15) is 52.5 Å². The van der Waals surface area contributed by atoms with Crippen molar-refractivity contribution in [2.75, 3.05) is 19.7 Å². The number of hydrogen-bond donors (Lipinski definition) is 1. The van der Waals surface area contributed by atoms with E-state index in [1.54, 1.807) is 0 Å². The van der Waals surface area contributed by atoms with Crippen LogP contribution in [0.4, 0.5) is 0 Å². The molecule has 21 heavy (non-hydrogen) atoms. The number of hydrogen-bond acceptors (Lipinski definition) is 2. The van der Waals surface area contributed by atoms with Crippen LogP contribution in [0.2, 0.25) is 0 Å². The summed E-state index contributed by atoms with van der Waals surface area (Å²) in [5.41, 5.74) is 1.76. The van der Waals surface area contributed by atoms with Crippen LogP contribution in [0.25, 0.3) is 0 Å². The van der Waals surface area contributed by atoms with Gasteiger partial charge < -0.3 is 10.1 Å². The Bertz CT molecular complexity index is 418. The first-order valence-electron chi connectivity index (χ1n) is 8.10. The molecular weight excluding hydrogens is 326 g/mol. The Hall–Kier alpha value is -0.540. The van der Waals surface area contributed by atoms with E-state index in [1.165, 1.54) is 24.8 Å². The first-order valence-corrected chi connectivity index (χ1v) is 8.89. The summed E-state index contributed by atoms with van der Waals surface area (Å²) >= 11 is 3.59. The van der Waals surface area contributed by atoms with E-state index < -0.39 is 0 Å². The zero-order valence-corrected chi connectivity index (χ0v) is 15.6. The highest BCUT2D eigenvalue weighted by Gasteiger charge is 2.17. The van der Waals surface area contributed by atoms with Crippen LogP contribution < -0.4 is 10.1 Å². The zero-order chi connectivity index (χ0) is 15.7. The summed E-state index contributed by atoms with van der Waals surface area (Å²) in [7, 11) is 0. The molecule has 0 saturated carbocycles. The third-order valence-corrected chi connectivity index (χ3v) is 4.41. The second-order valence-corrected chi connectivity index (χ2v) is 7.22. The number of ether oxygens (including phenoxy) is 1. The number of halogens is 1. The molecule has 0 bridgehead atoms. The van der Waals surface area contributed by atoms with Crippen LogP contribution in [-0.2, 0) is 6.42 Å². The number of nitrogens with one attached hydrogen (secondary N) is 1. The minimum absolute atomic E-state index is 0.381. The van der Waals surface area contributed by atoms with Crippen LogP contribution in [0.15, 0.2) is 22.7 Å². The molecule has 1 rings (SSSR count). The smallest absolute Gasteiger partial charge is 0.133 e. The molecule has 0 saturated heterocycles. The normalized spacial score (nSPS) is 11.7. The lowest BCUT2D eigenvalue weighted by molar-refractivity contribution is 0.302. The number of rotatable bonds is 10. The Morgan fingerprint density at radius 2 is 1.90 bits per heavy atom. The molecule has 1 N–H and O–H groups in total. The minimum atomic E-state index is 0.381. The Morgan fingerprint density at radius 1 is 1.14 bits per heavy atom. The number of benzene rings is 1. The lowest BCUT2D eigenvalue weighted by Gasteiger charge is -2.25. The fourth-order valence-electron chi connectivity index (χ4n) is 2.31. The van der Waals surface area contributed by atoms with Crippen LogP contribution in [-0.4, -0.2) is 19.7 Å². The van der Waals surface area contributed by atoms with Gasteiger partial charge in [-0.15, -0.1) is 0 Å². The van der Waals surface area contributed by atoms with E-state index >= 15 is 0 Å². The molecule has 3 heteroatoms. The Morgan fingerprint density at radius 3 is 2.52 bits per heavy atom. The first-order chi connectivity index (χ1) is 9.98. The molecule has 0 radical (unpaired) electrons. The molecule has 0 aliphatic heterocycles. The van der Waals surface area contributed by atoms with Gasteiger partial charge in [-0.3, -0.25) is 0 Å². The average molecular weight is 356 g/mol. The highest BCUT2D eigenvalue weighted by atomic mass is 79.9. The highest BCUT2D eigenvalue weighted by Crippen LogP contribution is 2.30. The Kier molecular flexibility index (Phi) is 8.35. The maximum absolute atomic E-state index is 5.56. The molecule has 0 aliphatic carbocycles. The molecule has 0 unspecified atom stereocenters. The Labute approximate surface area is 138 Å². The van der Waals surface area contributed by atoms with Gasteiger partial charge in [-0.1, -0.05) is 26.8 Å². The molecule has 0 heterocycles. The molecule has 0 amide bonds. The van der Waals surface area contributed by atoms with Crippen molar-refractivity contribution in [3.05, 3.63) is 28.2 Å². The van der Waals surface area contributed by atoms with Gasteiger partial charge in [-0.2, -0.15) is 0 Å². The highest BCUT2D eigenvalue weighted by molar-refractivity contribution is 9.10. The minimum Gasteiger partial charge on any atom is -0.493 e. The summed E-state index contributed by atoms with van der Waals surface area (Å²) in [4.78, 5) is 0. The summed E-state index contributed by atoms with van der Waals surface area (Å²) in [6, 6.07) is 6.44. The molecule has 0 spiro atoms. The molecule has 2 nitrogen and oxygen atoms in total. The third kappa shape index (κ3) is 7.32. The van der Waals surface area contributed by atoms with Gasteiger partial charge in [0.2, 0.25) is 0 Å². The van der Waals surface area contributed by atoms with Gasteiger partial charge in [-0.25, -0.2) is 0 Å². The topological polar surface area (TPSA) is 21.3 Å². The van der Waals surface area contributed by atoms with Crippen LogP contribution >= 0.6 is 15.9 Å². The van der Waals surface area contributed by atoms with Crippen LogP contribution in [0.3, 0.4) is 0 Å². The van der Waals surface area contributed by atoms with E-state index in [4.69, 9.17) is 4.74 Å². The van der Waals surface area contributed by atoms with E-state index in [-0.39, 0.29) is 0 Å². The van der Waals surface area contributed by atoms with Gasteiger partial charge in [0.25, 0.3) is 0 Å². The largest absolute Gasteiger partial charge is 0.493 e. The standard InChI is InChI=1S/C18H30BrNO/c1-5-12-20-13-11-18(3,4)10-9-15-7-8-17(21-6-2)16(19)14-15/h7-8,14,20H,5-6,9-13H2,1-4H3. The molecule has 0 aliphatic rings. The van der Waals surface area contributed by atoms with Crippen molar-refractivity contribution >= 4 is 15.9 Å². The summed E-state index contributed by atoms with van der Waals surface area (Å²) in [6.45, 7) is 11.9. The quantitative estimate of drug-likeness (QED) is 0.582. The molecule has 120 valence electrons. The fraction of sp³-hybridized carbons (Fsp3) is 0.667. The van der Waals surface area contributed by atoms with E-state index in [1.807, 2.05) is 6.92 Å². The van der Waals surface area contributed by atoms with Crippen molar-refractivity contribution in [1.29, 1.82) is 0 Å². The maximum atomic E-state index is 5.56. The van der Waals surface area contributed by atoms with Crippen molar-refractivity contribution in [1.82, 2.24) is 5.32 Å². The SMILES string of the molecule is CCCNCCC(C)(C)CCc1ccc(OCC)c(Br)c1. The summed E-state index contributed by atoms with van der Waals surface area (Å²) in [5, 5.41) is 3.50. The van der Waals surface area contributed by atoms with Gasteiger partial charge in [0.15, 0.2) is 0 Å². The predicted molar refractivity (Wildman–Crippen MR) is 95.2 cm³/mol. The summed E-state index contributed by atoms with van der Waals surface area (Å²) < 4.78 is 6.62. The van der Waals surface area contributed by atoms with E-state index in [0.717, 1.165) is 29.7 Å². The number of aryl methyl sites for hydroxylation is 1. The van der Waals surface area contributed by atoms with Crippen molar-refractivity contribution in [2.45, 2.75) is 53.4 Å². The van der Waals surface area contributed by atoms with E-state index in [2.05, 4.69) is 60.2 Å². The van der Waals surface area contributed by atoms with Crippen molar-refractivity contribution in [3.63, 3.8) is 0 Å². The molecule has 0 atom stereocenters. The molecule has 0 fully saturated rings. The molecule has 1 aromatic rings. The summed E-state index contributed by atoms with van der Waals surface area (Å²) in [6.07, 6.45) is 4.76. The molecule has 1 aromatic carbocycles. The van der Waals surface area contributed by atoms with Gasteiger partial charge in [-0.05, 0) is 84.7 Å². The van der Waals surface area contributed by atoms with E-state index in [0.29, 0.717) is 12.0 Å². The van der Waals surface area contributed by atoms with Crippen molar-refractivity contribution < 1.29 is 4.74 Å². The predicted octanol–water partition coefficient (Wildman–Crippen LogP) is 5.20. The zero-order valence-electron chi connectivity index (χ0n) is 14.0. The van der Waals surface area contributed by atoms with Gasteiger partial charge in [0.1, 0.15) is 5.75 Å². The average Bonchev–Trinajstić information content (AvgIpc) is 2.44. The van der Waals surface area contributed by atoms with Gasteiger partial charge in [0, 0.05) is 0 Å². The van der Waals surface area contributed by atoms with E-state index in [9.17, 15) is 0 Å². The Balaban J connectivity index is 2.44. The first kappa shape index (κ1) is 18.5. The lowest BCUT2D eigenvalue weighted by Crippen LogP contribution is -2.23. The van der Waals surface area contributed by atoms with Crippen molar-refractivity contribution in [2.24, 2.45) is 5.41 Å². The molecular formula is C18H30BrNO. The van der Waals surface area contributed by atoms with Crippen LogP contribution in [0, 0.1) is 5.41 Å². The second kappa shape index (κ2) is 9.47. The fourth-order valence-corrected chi connectivity index (χ4v) is 2.85. The van der Waals surface area contributed by atoms with Crippen LogP contribution in [0.5, 0.6) is 5.75 Å². The molecule has 0 aromatic heterocycles. The van der Waals surface area contributed by atoms with Gasteiger partial charge >= 0.3 is 0 Å². The summed E-state index contributed by atoms with van der Waals surface area (Å²) in [5.74, 6) is 0.935. The third-order valence-electron chi connectivity index (χ3n) is 3.79. The lowest BCUT2D eigenvalue weighted by atomic mass is 9.83. The van der Waals surface area contributed by atoms with Crippen molar-refractivity contribution in [3.8, 4) is 5.75 Å².